The molecule has 0 aromatic heterocycles. The minimum absolute atomic E-state index is 0.319. The average molecular weight is 343 g/mol. The third-order valence-corrected chi connectivity index (χ3v) is 3.62. The number of amides is 3. The third-order valence-electron chi connectivity index (χ3n) is 3.62. The molecule has 0 radical (unpaired) electrons. The van der Waals surface area contributed by atoms with E-state index in [0.717, 1.165) is 16.9 Å². The lowest BCUT2D eigenvalue weighted by Crippen LogP contribution is -2.28. The standard InChI is InChI=1S/C18H21N3O4/c1-12(20-18(23)24)14-5-7-15(8-6-14)21-17(22)19-11-13-3-9-16(25-2)10-4-13/h3-10,12,20H,11H2,1-2H3,(H,23,24)(H2,19,21,22)/t12-/m0/s1. The highest BCUT2D eigenvalue weighted by molar-refractivity contribution is 5.89. The van der Waals surface area contributed by atoms with Gasteiger partial charge < -0.3 is 25.8 Å². The number of hydrogen-bond acceptors (Lipinski definition) is 3. The molecular formula is C18H21N3O4. The van der Waals surface area contributed by atoms with Crippen LogP contribution in [0.4, 0.5) is 15.3 Å². The molecule has 7 nitrogen and oxygen atoms in total. The minimum atomic E-state index is -1.08. The third kappa shape index (κ3) is 5.72. The van der Waals surface area contributed by atoms with Crippen LogP contribution in [0.1, 0.15) is 24.1 Å². The summed E-state index contributed by atoms with van der Waals surface area (Å²) in [7, 11) is 1.60. The van der Waals surface area contributed by atoms with E-state index in [4.69, 9.17) is 9.84 Å². The minimum Gasteiger partial charge on any atom is -0.497 e. The van der Waals surface area contributed by atoms with Gasteiger partial charge >= 0.3 is 12.1 Å². The van der Waals surface area contributed by atoms with Gasteiger partial charge in [-0.1, -0.05) is 24.3 Å². The maximum Gasteiger partial charge on any atom is 0.405 e. The SMILES string of the molecule is COc1ccc(CNC(=O)Nc2ccc([C@H](C)NC(=O)O)cc2)cc1. The highest BCUT2D eigenvalue weighted by Crippen LogP contribution is 2.16. The van der Waals surface area contributed by atoms with E-state index in [9.17, 15) is 9.59 Å². The zero-order valence-corrected chi connectivity index (χ0v) is 14.1. The summed E-state index contributed by atoms with van der Waals surface area (Å²) in [6.07, 6.45) is -1.08. The first-order chi connectivity index (χ1) is 12.0. The van der Waals surface area contributed by atoms with Crippen molar-refractivity contribution in [2.75, 3.05) is 12.4 Å². The van der Waals surface area contributed by atoms with Gasteiger partial charge in [0.2, 0.25) is 0 Å². The Balaban J connectivity index is 1.84. The predicted octanol–water partition coefficient (Wildman–Crippen LogP) is 3.35. The molecule has 7 heteroatoms. The van der Waals surface area contributed by atoms with Crippen LogP contribution in [0.3, 0.4) is 0 Å². The molecule has 0 fully saturated rings. The normalized spacial score (nSPS) is 11.3. The summed E-state index contributed by atoms with van der Waals surface area (Å²) < 4.78 is 5.08. The van der Waals surface area contributed by atoms with E-state index in [1.54, 1.807) is 38.3 Å². The number of rotatable bonds is 6. The number of benzene rings is 2. The first kappa shape index (κ1) is 18.1. The van der Waals surface area contributed by atoms with Gasteiger partial charge in [0.1, 0.15) is 5.75 Å². The molecular weight excluding hydrogens is 322 g/mol. The second kappa shape index (κ2) is 8.58. The lowest BCUT2D eigenvalue weighted by Gasteiger charge is -2.13. The maximum atomic E-state index is 11.9. The number of carbonyl (C=O) groups is 2. The Labute approximate surface area is 146 Å². The molecule has 132 valence electrons. The van der Waals surface area contributed by atoms with Crippen molar-refractivity contribution >= 4 is 17.8 Å². The van der Waals surface area contributed by atoms with Gasteiger partial charge in [0.25, 0.3) is 0 Å². The smallest absolute Gasteiger partial charge is 0.405 e. The summed E-state index contributed by atoms with van der Waals surface area (Å²) in [6.45, 7) is 2.14. The van der Waals surface area contributed by atoms with E-state index in [0.29, 0.717) is 12.2 Å². The molecule has 0 bridgehead atoms. The van der Waals surface area contributed by atoms with E-state index in [1.807, 2.05) is 24.3 Å². The number of hydrogen-bond donors (Lipinski definition) is 4. The monoisotopic (exact) mass is 343 g/mol. The Morgan fingerprint density at radius 1 is 1.08 bits per heavy atom. The molecule has 2 aromatic carbocycles. The van der Waals surface area contributed by atoms with Crippen LogP contribution in [0.15, 0.2) is 48.5 Å². The Kier molecular flexibility index (Phi) is 6.22. The summed E-state index contributed by atoms with van der Waals surface area (Å²) in [6, 6.07) is 13.8. The van der Waals surface area contributed by atoms with Gasteiger partial charge in [0, 0.05) is 12.2 Å². The molecule has 1 atom stereocenters. The highest BCUT2D eigenvalue weighted by Gasteiger charge is 2.08. The summed E-state index contributed by atoms with van der Waals surface area (Å²) in [5.74, 6) is 0.764. The zero-order valence-electron chi connectivity index (χ0n) is 14.1. The molecule has 0 aliphatic heterocycles. The molecule has 0 aliphatic rings. The van der Waals surface area contributed by atoms with Crippen molar-refractivity contribution in [3.8, 4) is 5.75 Å². The molecule has 2 rings (SSSR count). The van der Waals surface area contributed by atoms with Crippen molar-refractivity contribution in [3.63, 3.8) is 0 Å². The summed E-state index contributed by atoms with van der Waals surface area (Å²) in [5.41, 5.74) is 2.39. The zero-order chi connectivity index (χ0) is 18.2. The van der Waals surface area contributed by atoms with E-state index in [1.165, 1.54) is 0 Å². The van der Waals surface area contributed by atoms with Gasteiger partial charge in [-0.2, -0.15) is 0 Å². The van der Waals surface area contributed by atoms with Crippen LogP contribution >= 0.6 is 0 Å². The number of ether oxygens (including phenoxy) is 1. The molecule has 4 N–H and O–H groups in total. The van der Waals surface area contributed by atoms with E-state index in [-0.39, 0.29) is 12.1 Å². The van der Waals surface area contributed by atoms with E-state index in [2.05, 4.69) is 16.0 Å². The quantitative estimate of drug-likeness (QED) is 0.646. The molecule has 0 saturated carbocycles. The number of anilines is 1. The largest absolute Gasteiger partial charge is 0.497 e. The number of carboxylic acid groups (broad SMARTS) is 1. The van der Waals surface area contributed by atoms with Crippen LogP contribution in [0, 0.1) is 0 Å². The Bertz CT molecular complexity index is 714. The van der Waals surface area contributed by atoms with Gasteiger partial charge in [0.15, 0.2) is 0 Å². The number of methoxy groups -OCH3 is 1. The van der Waals surface area contributed by atoms with Crippen LogP contribution in [-0.2, 0) is 6.54 Å². The highest BCUT2D eigenvalue weighted by atomic mass is 16.5. The number of urea groups is 1. The fourth-order valence-corrected chi connectivity index (χ4v) is 2.22. The second-order valence-electron chi connectivity index (χ2n) is 5.45. The Morgan fingerprint density at radius 3 is 2.28 bits per heavy atom. The predicted molar refractivity (Wildman–Crippen MR) is 94.9 cm³/mol. The van der Waals surface area contributed by atoms with Gasteiger partial charge in [-0.25, -0.2) is 9.59 Å². The molecule has 0 unspecified atom stereocenters. The van der Waals surface area contributed by atoms with Crippen molar-refractivity contribution in [1.29, 1.82) is 0 Å². The second-order valence-corrected chi connectivity index (χ2v) is 5.45. The van der Waals surface area contributed by atoms with Gasteiger partial charge in [-0.05, 0) is 42.3 Å². The van der Waals surface area contributed by atoms with Crippen LogP contribution in [0.2, 0.25) is 0 Å². The van der Waals surface area contributed by atoms with Crippen LogP contribution < -0.4 is 20.7 Å². The molecule has 2 aromatic rings. The molecule has 25 heavy (non-hydrogen) atoms. The van der Waals surface area contributed by atoms with Crippen LogP contribution in [0.5, 0.6) is 5.75 Å². The van der Waals surface area contributed by atoms with E-state index < -0.39 is 6.09 Å². The summed E-state index contributed by atoms with van der Waals surface area (Å²) in [4.78, 5) is 22.6. The molecule has 3 amide bonds. The van der Waals surface area contributed by atoms with Crippen molar-refractivity contribution in [3.05, 3.63) is 59.7 Å². The summed E-state index contributed by atoms with van der Waals surface area (Å²) in [5, 5.41) is 16.6. The average Bonchev–Trinajstić information content (AvgIpc) is 2.60. The van der Waals surface area contributed by atoms with Gasteiger partial charge in [-0.15, -0.1) is 0 Å². The fraction of sp³-hybridized carbons (Fsp3) is 0.222. The Morgan fingerprint density at radius 2 is 1.72 bits per heavy atom. The van der Waals surface area contributed by atoms with Gasteiger partial charge in [-0.3, -0.25) is 0 Å². The molecule has 0 aliphatic carbocycles. The van der Waals surface area contributed by atoms with Crippen molar-refractivity contribution < 1.29 is 19.4 Å². The maximum absolute atomic E-state index is 11.9. The number of carbonyl (C=O) groups excluding carboxylic acids is 1. The van der Waals surface area contributed by atoms with Crippen molar-refractivity contribution in [1.82, 2.24) is 10.6 Å². The lowest BCUT2D eigenvalue weighted by molar-refractivity contribution is 0.191. The summed E-state index contributed by atoms with van der Waals surface area (Å²) >= 11 is 0. The van der Waals surface area contributed by atoms with Crippen LogP contribution in [0.25, 0.3) is 0 Å². The Hall–Kier alpha value is -3.22. The van der Waals surface area contributed by atoms with E-state index >= 15 is 0 Å². The molecule has 0 spiro atoms. The first-order valence-electron chi connectivity index (χ1n) is 7.75. The van der Waals surface area contributed by atoms with Crippen LogP contribution in [-0.4, -0.2) is 24.3 Å². The van der Waals surface area contributed by atoms with Crippen molar-refractivity contribution in [2.24, 2.45) is 0 Å². The van der Waals surface area contributed by atoms with Crippen molar-refractivity contribution in [2.45, 2.75) is 19.5 Å². The topological polar surface area (TPSA) is 99.7 Å². The lowest BCUT2D eigenvalue weighted by atomic mass is 10.1. The first-order valence-corrected chi connectivity index (χ1v) is 7.75. The molecule has 0 saturated heterocycles. The fourth-order valence-electron chi connectivity index (χ4n) is 2.22. The molecule has 0 heterocycles. The van der Waals surface area contributed by atoms with Gasteiger partial charge in [0.05, 0.1) is 13.2 Å². The number of nitrogens with one attached hydrogen (secondary N) is 3.